The van der Waals surface area contributed by atoms with E-state index in [2.05, 4.69) is 0 Å². The molecule has 1 saturated carbocycles. The van der Waals surface area contributed by atoms with Crippen LogP contribution in [0.2, 0.25) is 0 Å². The van der Waals surface area contributed by atoms with E-state index in [1.807, 2.05) is 13.8 Å². The lowest BCUT2D eigenvalue weighted by molar-refractivity contribution is -0.142. The predicted octanol–water partition coefficient (Wildman–Crippen LogP) is 3.40. The smallest absolute Gasteiger partial charge is 0.334 e. The predicted molar refractivity (Wildman–Crippen MR) is 77.2 cm³/mol. The first-order valence-corrected chi connectivity index (χ1v) is 7.66. The molecule has 1 rings (SSSR count). The average molecular weight is 282 g/mol. The molecular weight excluding hydrogens is 256 g/mol. The van der Waals surface area contributed by atoms with Crippen molar-refractivity contribution in [2.24, 2.45) is 5.92 Å². The number of carbonyl (C=O) groups is 2. The lowest BCUT2D eigenvalue weighted by atomic mass is 9.93. The molecule has 1 aliphatic carbocycles. The van der Waals surface area contributed by atoms with Gasteiger partial charge < -0.3 is 9.47 Å². The van der Waals surface area contributed by atoms with E-state index in [1.165, 1.54) is 0 Å². The summed E-state index contributed by atoms with van der Waals surface area (Å²) in [5.41, 5.74) is 0.962. The normalized spacial score (nSPS) is 16.8. The average Bonchev–Trinajstić information content (AvgIpc) is 2.96. The van der Waals surface area contributed by atoms with Crippen molar-refractivity contribution in [3.8, 4) is 0 Å². The Kier molecular flexibility index (Phi) is 7.34. The summed E-state index contributed by atoms with van der Waals surface area (Å²) in [7, 11) is 0. The van der Waals surface area contributed by atoms with Gasteiger partial charge in [0.15, 0.2) is 0 Å². The van der Waals surface area contributed by atoms with Crippen LogP contribution < -0.4 is 0 Å². The van der Waals surface area contributed by atoms with Crippen molar-refractivity contribution in [1.29, 1.82) is 0 Å². The summed E-state index contributed by atoms with van der Waals surface area (Å²) in [5.74, 6) is -0.583. The van der Waals surface area contributed by atoms with E-state index < -0.39 is 0 Å². The van der Waals surface area contributed by atoms with Gasteiger partial charge in [-0.05, 0) is 38.5 Å². The number of ether oxygens (including phenoxy) is 2. The van der Waals surface area contributed by atoms with Gasteiger partial charge in [0.1, 0.15) is 0 Å². The summed E-state index contributed by atoms with van der Waals surface area (Å²) < 4.78 is 10.4. The van der Waals surface area contributed by atoms with Crippen LogP contribution >= 0.6 is 0 Å². The zero-order chi connectivity index (χ0) is 15.0. The van der Waals surface area contributed by atoms with Crippen LogP contribution in [0.5, 0.6) is 0 Å². The van der Waals surface area contributed by atoms with Crippen LogP contribution in [0.15, 0.2) is 11.1 Å². The Morgan fingerprint density at radius 3 is 1.95 bits per heavy atom. The summed E-state index contributed by atoms with van der Waals surface area (Å²) in [6, 6.07) is 0. The standard InChI is InChI=1S/C16H26O4/c1-4-10-19-15(17)12(3)14(13-8-6-7-9-13)16(18)20-11-5-2/h13H,4-11H2,1-3H3. The molecule has 0 aliphatic heterocycles. The summed E-state index contributed by atoms with van der Waals surface area (Å²) in [6.07, 6.45) is 5.67. The SMILES string of the molecule is CCCOC(=O)C(C)=C(C(=O)OCCC)C1CCCC1. The van der Waals surface area contributed by atoms with Gasteiger partial charge >= 0.3 is 11.9 Å². The third-order valence-electron chi connectivity index (χ3n) is 3.57. The van der Waals surface area contributed by atoms with Crippen molar-refractivity contribution in [2.75, 3.05) is 13.2 Å². The number of hydrogen-bond donors (Lipinski definition) is 0. The van der Waals surface area contributed by atoms with Crippen molar-refractivity contribution >= 4 is 11.9 Å². The minimum atomic E-state index is -0.387. The maximum atomic E-state index is 12.2. The molecule has 0 heterocycles. The summed E-state index contributed by atoms with van der Waals surface area (Å²) in [6.45, 7) is 6.36. The van der Waals surface area contributed by atoms with Gasteiger partial charge in [-0.2, -0.15) is 0 Å². The molecule has 1 fully saturated rings. The fourth-order valence-corrected chi connectivity index (χ4v) is 2.53. The molecule has 4 nitrogen and oxygen atoms in total. The van der Waals surface area contributed by atoms with E-state index in [-0.39, 0.29) is 17.9 Å². The minimum Gasteiger partial charge on any atom is -0.462 e. The Hall–Kier alpha value is -1.32. The summed E-state index contributed by atoms with van der Waals surface area (Å²) in [4.78, 5) is 24.2. The van der Waals surface area contributed by atoms with Crippen LogP contribution in [0, 0.1) is 5.92 Å². The monoisotopic (exact) mass is 282 g/mol. The van der Waals surface area contributed by atoms with Crippen molar-refractivity contribution in [2.45, 2.75) is 59.3 Å². The number of carbonyl (C=O) groups excluding carboxylic acids is 2. The van der Waals surface area contributed by atoms with Gasteiger partial charge in [-0.15, -0.1) is 0 Å². The third kappa shape index (κ3) is 4.66. The summed E-state index contributed by atoms with van der Waals surface area (Å²) >= 11 is 0. The van der Waals surface area contributed by atoms with Gasteiger partial charge in [0, 0.05) is 5.57 Å². The van der Waals surface area contributed by atoms with Crippen molar-refractivity contribution in [3.05, 3.63) is 11.1 Å². The van der Waals surface area contributed by atoms with E-state index in [1.54, 1.807) is 6.92 Å². The van der Waals surface area contributed by atoms with Crippen molar-refractivity contribution in [3.63, 3.8) is 0 Å². The Morgan fingerprint density at radius 2 is 1.45 bits per heavy atom. The molecule has 0 radical (unpaired) electrons. The van der Waals surface area contributed by atoms with Crippen LogP contribution in [0.1, 0.15) is 59.3 Å². The second kappa shape index (κ2) is 8.77. The molecule has 20 heavy (non-hydrogen) atoms. The van der Waals surface area contributed by atoms with E-state index in [0.29, 0.717) is 24.4 Å². The highest BCUT2D eigenvalue weighted by molar-refractivity contribution is 6.00. The number of hydrogen-bond acceptors (Lipinski definition) is 4. The molecule has 0 atom stereocenters. The Labute approximate surface area is 121 Å². The largest absolute Gasteiger partial charge is 0.462 e. The van der Waals surface area contributed by atoms with E-state index in [4.69, 9.17) is 9.47 Å². The molecule has 0 aromatic carbocycles. The lowest BCUT2D eigenvalue weighted by Crippen LogP contribution is -2.20. The zero-order valence-electron chi connectivity index (χ0n) is 12.9. The fraction of sp³-hybridized carbons (Fsp3) is 0.750. The molecule has 4 heteroatoms. The summed E-state index contributed by atoms with van der Waals surface area (Å²) in [5, 5.41) is 0. The molecule has 0 aromatic rings. The van der Waals surface area contributed by atoms with Crippen LogP contribution in [-0.4, -0.2) is 25.2 Å². The first-order valence-electron chi connectivity index (χ1n) is 7.66. The van der Waals surface area contributed by atoms with Gasteiger partial charge in [0.05, 0.1) is 18.8 Å². The van der Waals surface area contributed by atoms with Gasteiger partial charge in [0.25, 0.3) is 0 Å². The Balaban J connectivity index is 2.89. The second-order valence-electron chi connectivity index (χ2n) is 5.29. The molecule has 0 unspecified atom stereocenters. The molecule has 0 saturated heterocycles. The highest BCUT2D eigenvalue weighted by Crippen LogP contribution is 2.33. The molecule has 1 aliphatic rings. The second-order valence-corrected chi connectivity index (χ2v) is 5.29. The van der Waals surface area contributed by atoms with Crippen molar-refractivity contribution < 1.29 is 19.1 Å². The topological polar surface area (TPSA) is 52.6 Å². The maximum absolute atomic E-state index is 12.2. The molecule has 0 amide bonds. The van der Waals surface area contributed by atoms with Crippen LogP contribution in [0.4, 0.5) is 0 Å². The van der Waals surface area contributed by atoms with E-state index in [9.17, 15) is 9.59 Å². The fourth-order valence-electron chi connectivity index (χ4n) is 2.53. The van der Waals surface area contributed by atoms with Gasteiger partial charge in [-0.1, -0.05) is 26.7 Å². The highest BCUT2D eigenvalue weighted by atomic mass is 16.5. The van der Waals surface area contributed by atoms with E-state index >= 15 is 0 Å². The first-order chi connectivity index (χ1) is 9.61. The molecule has 0 N–H and O–H groups in total. The quantitative estimate of drug-likeness (QED) is 0.530. The molecule has 0 spiro atoms. The zero-order valence-corrected chi connectivity index (χ0v) is 12.9. The van der Waals surface area contributed by atoms with Gasteiger partial charge in [0.2, 0.25) is 0 Å². The molecule has 114 valence electrons. The maximum Gasteiger partial charge on any atom is 0.334 e. The third-order valence-corrected chi connectivity index (χ3v) is 3.57. The van der Waals surface area contributed by atoms with Crippen LogP contribution in [0.3, 0.4) is 0 Å². The highest BCUT2D eigenvalue weighted by Gasteiger charge is 2.29. The molecular formula is C16H26O4. The van der Waals surface area contributed by atoms with Crippen LogP contribution in [0.25, 0.3) is 0 Å². The lowest BCUT2D eigenvalue weighted by Gasteiger charge is -2.16. The molecule has 0 bridgehead atoms. The van der Waals surface area contributed by atoms with Crippen molar-refractivity contribution in [1.82, 2.24) is 0 Å². The number of rotatable bonds is 7. The minimum absolute atomic E-state index is 0.147. The number of esters is 2. The Bertz CT molecular complexity index is 365. The van der Waals surface area contributed by atoms with Gasteiger partial charge in [-0.25, -0.2) is 9.59 Å². The van der Waals surface area contributed by atoms with Gasteiger partial charge in [-0.3, -0.25) is 0 Å². The molecule has 0 aromatic heterocycles. The Morgan fingerprint density at radius 1 is 0.950 bits per heavy atom. The van der Waals surface area contributed by atoms with E-state index in [0.717, 1.165) is 38.5 Å². The first kappa shape index (κ1) is 16.7. The van der Waals surface area contributed by atoms with Crippen LogP contribution in [-0.2, 0) is 19.1 Å².